The van der Waals surface area contributed by atoms with Gasteiger partial charge in [0.2, 0.25) is 0 Å². The molecule has 3 aromatic heterocycles. The molecule has 2 unspecified atom stereocenters. The Kier molecular flexibility index (Phi) is 4.65. The first-order valence-corrected chi connectivity index (χ1v) is 9.39. The van der Waals surface area contributed by atoms with Gasteiger partial charge in [-0.1, -0.05) is 13.0 Å². The second-order valence-electron chi connectivity index (χ2n) is 6.12. The van der Waals surface area contributed by atoms with E-state index >= 15 is 0 Å². The predicted octanol–water partition coefficient (Wildman–Crippen LogP) is 2.08. The van der Waals surface area contributed by atoms with E-state index < -0.39 is 6.10 Å². The van der Waals surface area contributed by atoms with Gasteiger partial charge in [-0.2, -0.15) is 14.6 Å². The molecular formula is C17H21N5O2S. The molecular weight excluding hydrogens is 338 g/mol. The molecule has 1 fully saturated rings. The molecule has 0 aromatic carbocycles. The highest BCUT2D eigenvalue weighted by Gasteiger charge is 2.28. The van der Waals surface area contributed by atoms with Crippen LogP contribution < -0.4 is 4.90 Å². The highest BCUT2D eigenvalue weighted by atomic mass is 32.1. The number of hydrogen-bond donors (Lipinski definition) is 1. The monoisotopic (exact) mass is 359 g/mol. The van der Waals surface area contributed by atoms with E-state index in [1.807, 2.05) is 17.5 Å². The first-order valence-electron chi connectivity index (χ1n) is 8.51. The first-order chi connectivity index (χ1) is 12.3. The zero-order valence-corrected chi connectivity index (χ0v) is 14.9. The van der Waals surface area contributed by atoms with Gasteiger partial charge in [-0.3, -0.25) is 0 Å². The van der Waals surface area contributed by atoms with Gasteiger partial charge >= 0.3 is 0 Å². The van der Waals surface area contributed by atoms with Crippen molar-refractivity contribution in [1.82, 2.24) is 19.6 Å². The van der Waals surface area contributed by atoms with Gasteiger partial charge < -0.3 is 14.7 Å². The number of aliphatic hydroxyl groups excluding tert-OH is 1. The van der Waals surface area contributed by atoms with Crippen LogP contribution in [0.15, 0.2) is 29.9 Å². The fourth-order valence-electron chi connectivity index (χ4n) is 3.24. The van der Waals surface area contributed by atoms with Crippen LogP contribution in [0.1, 0.15) is 30.0 Å². The summed E-state index contributed by atoms with van der Waals surface area (Å²) in [6.45, 7) is 4.08. The van der Waals surface area contributed by atoms with Crippen LogP contribution in [0.5, 0.6) is 0 Å². The molecule has 4 rings (SSSR count). The van der Waals surface area contributed by atoms with Crippen LogP contribution in [0.4, 0.5) is 5.82 Å². The molecule has 0 saturated carbocycles. The Hall–Kier alpha value is -2.03. The van der Waals surface area contributed by atoms with E-state index in [4.69, 9.17) is 4.74 Å². The zero-order valence-electron chi connectivity index (χ0n) is 14.1. The Morgan fingerprint density at radius 1 is 1.48 bits per heavy atom. The molecule has 7 nitrogen and oxygen atoms in total. The van der Waals surface area contributed by atoms with Crippen molar-refractivity contribution < 1.29 is 9.84 Å². The number of hydrogen-bond acceptors (Lipinski definition) is 7. The van der Waals surface area contributed by atoms with E-state index in [0.29, 0.717) is 25.4 Å². The summed E-state index contributed by atoms with van der Waals surface area (Å²) >= 11 is 1.58. The van der Waals surface area contributed by atoms with Crippen molar-refractivity contribution in [1.29, 1.82) is 0 Å². The summed E-state index contributed by atoms with van der Waals surface area (Å²) in [6.07, 6.45) is 2.48. The van der Waals surface area contributed by atoms with Crippen LogP contribution >= 0.6 is 11.3 Å². The Morgan fingerprint density at radius 3 is 3.20 bits per heavy atom. The molecule has 1 N–H and O–H groups in total. The van der Waals surface area contributed by atoms with Crippen molar-refractivity contribution in [2.75, 3.05) is 24.7 Å². The van der Waals surface area contributed by atoms with Crippen LogP contribution in [0.25, 0.3) is 5.78 Å². The third kappa shape index (κ3) is 3.24. The summed E-state index contributed by atoms with van der Waals surface area (Å²) < 4.78 is 7.46. The average molecular weight is 359 g/mol. The fourth-order valence-corrected chi connectivity index (χ4v) is 3.96. The maximum Gasteiger partial charge on any atom is 0.254 e. The lowest BCUT2D eigenvalue weighted by molar-refractivity contribution is 0.0682. The molecule has 8 heteroatoms. The largest absolute Gasteiger partial charge is 0.387 e. The molecule has 3 aromatic rings. The third-order valence-electron chi connectivity index (χ3n) is 4.54. The van der Waals surface area contributed by atoms with Crippen molar-refractivity contribution in [3.63, 3.8) is 0 Å². The lowest BCUT2D eigenvalue weighted by Gasteiger charge is -2.38. The zero-order chi connectivity index (χ0) is 17.2. The van der Waals surface area contributed by atoms with Crippen molar-refractivity contribution in [2.45, 2.75) is 31.9 Å². The molecule has 2 atom stereocenters. The van der Waals surface area contributed by atoms with E-state index in [2.05, 4.69) is 33.0 Å². The van der Waals surface area contributed by atoms with Gasteiger partial charge in [-0.25, -0.2) is 4.98 Å². The molecule has 25 heavy (non-hydrogen) atoms. The lowest BCUT2D eigenvalue weighted by Crippen LogP contribution is -2.47. The van der Waals surface area contributed by atoms with Crippen molar-refractivity contribution >= 4 is 22.9 Å². The van der Waals surface area contributed by atoms with Gasteiger partial charge in [0.25, 0.3) is 5.78 Å². The number of morpholine rings is 1. The molecule has 4 heterocycles. The number of aliphatic hydroxyl groups is 1. The molecule has 0 radical (unpaired) electrons. The summed E-state index contributed by atoms with van der Waals surface area (Å²) in [5, 5.41) is 16.9. The SMILES string of the molecule is CCc1cc(N2CCOCC2CC(O)c2cccs2)n2ncnc2n1. The second-order valence-corrected chi connectivity index (χ2v) is 7.10. The minimum absolute atomic E-state index is 0.0744. The van der Waals surface area contributed by atoms with E-state index in [0.717, 1.165) is 29.4 Å². The number of ether oxygens (including phenoxy) is 1. The maximum absolute atomic E-state index is 10.6. The fraction of sp³-hybridized carbons (Fsp3) is 0.471. The maximum atomic E-state index is 10.6. The van der Waals surface area contributed by atoms with E-state index in [9.17, 15) is 5.11 Å². The second kappa shape index (κ2) is 7.07. The van der Waals surface area contributed by atoms with Gasteiger partial charge in [-0.15, -0.1) is 11.3 Å². The molecule has 1 aliphatic rings. The lowest BCUT2D eigenvalue weighted by atomic mass is 10.1. The molecule has 0 aliphatic carbocycles. The van der Waals surface area contributed by atoms with Crippen molar-refractivity contribution in [2.24, 2.45) is 0 Å². The topological polar surface area (TPSA) is 75.8 Å². The Bertz CT molecular complexity index is 835. The van der Waals surface area contributed by atoms with E-state index in [1.54, 1.807) is 15.9 Å². The van der Waals surface area contributed by atoms with Crippen molar-refractivity contribution in [3.8, 4) is 0 Å². The Balaban J connectivity index is 1.66. The predicted molar refractivity (Wildman–Crippen MR) is 96.0 cm³/mol. The smallest absolute Gasteiger partial charge is 0.254 e. The van der Waals surface area contributed by atoms with Crippen LogP contribution in [0, 0.1) is 0 Å². The van der Waals surface area contributed by atoms with Gasteiger partial charge in [0, 0.05) is 29.6 Å². The van der Waals surface area contributed by atoms with E-state index in [1.165, 1.54) is 6.33 Å². The molecule has 0 bridgehead atoms. The van der Waals surface area contributed by atoms with Crippen LogP contribution in [-0.2, 0) is 11.2 Å². The third-order valence-corrected chi connectivity index (χ3v) is 5.51. The van der Waals surface area contributed by atoms with Gasteiger partial charge in [0.15, 0.2) is 0 Å². The molecule has 1 aliphatic heterocycles. The quantitative estimate of drug-likeness (QED) is 0.752. The minimum atomic E-state index is -0.493. The van der Waals surface area contributed by atoms with Gasteiger partial charge in [0.05, 0.1) is 25.4 Å². The van der Waals surface area contributed by atoms with Crippen LogP contribution in [0.2, 0.25) is 0 Å². The number of nitrogens with zero attached hydrogens (tertiary/aromatic N) is 5. The summed E-state index contributed by atoms with van der Waals surface area (Å²) in [6, 6.07) is 6.08. The Labute approximate surface area is 149 Å². The number of aromatic nitrogens is 4. The van der Waals surface area contributed by atoms with Gasteiger partial charge in [0.1, 0.15) is 12.1 Å². The van der Waals surface area contributed by atoms with E-state index in [-0.39, 0.29) is 6.04 Å². The molecule has 132 valence electrons. The van der Waals surface area contributed by atoms with Crippen LogP contribution in [-0.4, -0.2) is 50.5 Å². The number of aryl methyl sites for hydroxylation is 1. The summed E-state index contributed by atoms with van der Waals surface area (Å²) in [5.41, 5.74) is 0.986. The highest BCUT2D eigenvalue weighted by molar-refractivity contribution is 7.10. The number of anilines is 1. The first kappa shape index (κ1) is 16.4. The van der Waals surface area contributed by atoms with Crippen LogP contribution in [0.3, 0.4) is 0 Å². The summed E-state index contributed by atoms with van der Waals surface area (Å²) in [5.74, 6) is 1.57. The minimum Gasteiger partial charge on any atom is -0.387 e. The Morgan fingerprint density at radius 2 is 2.40 bits per heavy atom. The normalized spacial score (nSPS) is 19.4. The molecule has 0 spiro atoms. The number of thiophene rings is 1. The standard InChI is InChI=1S/C17H21N5O2S/c1-2-12-8-16(22-17(20-12)18-11-19-22)21-5-6-24-10-13(21)9-14(23)15-4-3-7-25-15/h3-4,7-8,11,13-14,23H,2,5-6,9-10H2,1H3. The van der Waals surface area contributed by atoms with Gasteiger partial charge in [-0.05, 0) is 17.9 Å². The number of fused-ring (bicyclic) bond motifs is 1. The molecule has 1 saturated heterocycles. The molecule has 0 amide bonds. The highest BCUT2D eigenvalue weighted by Crippen LogP contribution is 2.29. The van der Waals surface area contributed by atoms with Crippen molar-refractivity contribution in [3.05, 3.63) is 40.5 Å². The average Bonchev–Trinajstić information content (AvgIpc) is 3.33. The summed E-state index contributed by atoms with van der Waals surface area (Å²) in [4.78, 5) is 12.0. The summed E-state index contributed by atoms with van der Waals surface area (Å²) in [7, 11) is 0. The number of rotatable bonds is 5.